The van der Waals surface area contributed by atoms with E-state index in [4.69, 9.17) is 0 Å². The van der Waals surface area contributed by atoms with Gasteiger partial charge in [0.15, 0.2) is 5.13 Å². The van der Waals surface area contributed by atoms with Gasteiger partial charge in [0, 0.05) is 29.3 Å². The SMILES string of the molecule is Cc1cc(C)c(-c2csc(NC(=O)c3cccc(N4C(=O)CCC4=O)c3)n2)cc1C. The maximum absolute atomic E-state index is 12.7. The molecule has 1 aromatic heterocycles. The number of nitrogens with one attached hydrogen (secondary N) is 1. The third-order valence-electron chi connectivity index (χ3n) is 5.26. The number of imide groups is 1. The summed E-state index contributed by atoms with van der Waals surface area (Å²) in [6.07, 6.45) is 0.407. The van der Waals surface area contributed by atoms with Crippen LogP contribution in [0.2, 0.25) is 0 Å². The second kappa shape index (κ2) is 7.84. The van der Waals surface area contributed by atoms with Gasteiger partial charge in [-0.3, -0.25) is 24.6 Å². The number of benzene rings is 2. The van der Waals surface area contributed by atoms with Gasteiger partial charge in [0.25, 0.3) is 5.91 Å². The van der Waals surface area contributed by atoms with Crippen LogP contribution in [-0.2, 0) is 9.59 Å². The summed E-state index contributed by atoms with van der Waals surface area (Å²) in [5, 5.41) is 5.23. The number of hydrogen-bond acceptors (Lipinski definition) is 5. The van der Waals surface area contributed by atoms with Gasteiger partial charge >= 0.3 is 0 Å². The second-order valence-electron chi connectivity index (χ2n) is 7.42. The number of thiazole rings is 1. The second-order valence-corrected chi connectivity index (χ2v) is 8.27. The van der Waals surface area contributed by atoms with Gasteiger partial charge in [-0.15, -0.1) is 11.3 Å². The summed E-state index contributed by atoms with van der Waals surface area (Å²) < 4.78 is 0. The number of aryl methyl sites for hydroxylation is 3. The third-order valence-corrected chi connectivity index (χ3v) is 6.02. The van der Waals surface area contributed by atoms with E-state index in [0.29, 0.717) is 16.4 Å². The molecule has 2 heterocycles. The van der Waals surface area contributed by atoms with Gasteiger partial charge in [-0.2, -0.15) is 0 Å². The van der Waals surface area contributed by atoms with Crippen LogP contribution in [0.1, 0.15) is 39.9 Å². The van der Waals surface area contributed by atoms with E-state index in [9.17, 15) is 14.4 Å². The molecule has 30 heavy (non-hydrogen) atoms. The highest BCUT2D eigenvalue weighted by Crippen LogP contribution is 2.30. The summed E-state index contributed by atoms with van der Waals surface area (Å²) in [7, 11) is 0. The van der Waals surface area contributed by atoms with Crippen molar-refractivity contribution in [1.82, 2.24) is 4.98 Å². The molecule has 0 bridgehead atoms. The molecule has 0 saturated carbocycles. The molecular formula is C23H21N3O3S. The first kappa shape index (κ1) is 20.0. The number of nitrogens with zero attached hydrogens (tertiary/aromatic N) is 2. The number of amides is 3. The van der Waals surface area contributed by atoms with Crippen molar-refractivity contribution in [2.75, 3.05) is 10.2 Å². The molecule has 0 atom stereocenters. The normalized spacial score (nSPS) is 13.8. The van der Waals surface area contributed by atoms with Crippen molar-refractivity contribution >= 4 is 39.9 Å². The monoisotopic (exact) mass is 419 g/mol. The molecule has 1 fully saturated rings. The van der Waals surface area contributed by atoms with Crippen molar-refractivity contribution in [3.05, 3.63) is 64.0 Å². The van der Waals surface area contributed by atoms with Crippen LogP contribution in [0.3, 0.4) is 0 Å². The largest absolute Gasteiger partial charge is 0.298 e. The molecular weight excluding hydrogens is 398 g/mol. The molecule has 2 aromatic carbocycles. The average molecular weight is 420 g/mol. The molecule has 4 rings (SSSR count). The lowest BCUT2D eigenvalue weighted by Crippen LogP contribution is -2.28. The van der Waals surface area contributed by atoms with Crippen molar-refractivity contribution in [3.63, 3.8) is 0 Å². The molecule has 0 unspecified atom stereocenters. The fourth-order valence-electron chi connectivity index (χ4n) is 3.51. The van der Waals surface area contributed by atoms with E-state index < -0.39 is 0 Å². The summed E-state index contributed by atoms with van der Waals surface area (Å²) in [6.45, 7) is 6.19. The summed E-state index contributed by atoms with van der Waals surface area (Å²) >= 11 is 1.35. The lowest BCUT2D eigenvalue weighted by atomic mass is 9.99. The summed E-state index contributed by atoms with van der Waals surface area (Å²) in [5.74, 6) is -0.828. The molecule has 1 saturated heterocycles. The average Bonchev–Trinajstić information content (AvgIpc) is 3.31. The van der Waals surface area contributed by atoms with Gasteiger partial charge < -0.3 is 0 Å². The van der Waals surface area contributed by atoms with E-state index in [0.717, 1.165) is 21.7 Å². The Morgan fingerprint density at radius 1 is 1.00 bits per heavy atom. The Hall–Kier alpha value is -3.32. The fraction of sp³-hybridized carbons (Fsp3) is 0.217. The van der Waals surface area contributed by atoms with Crippen molar-refractivity contribution in [3.8, 4) is 11.3 Å². The van der Waals surface area contributed by atoms with Crippen LogP contribution in [0, 0.1) is 20.8 Å². The molecule has 0 aliphatic carbocycles. The van der Waals surface area contributed by atoms with Gasteiger partial charge in [0.2, 0.25) is 11.8 Å². The number of hydrogen-bond donors (Lipinski definition) is 1. The highest BCUT2D eigenvalue weighted by atomic mass is 32.1. The van der Waals surface area contributed by atoms with Gasteiger partial charge in [-0.05, 0) is 61.7 Å². The van der Waals surface area contributed by atoms with E-state index in [1.807, 2.05) is 12.3 Å². The zero-order valence-electron chi connectivity index (χ0n) is 17.0. The predicted molar refractivity (Wildman–Crippen MR) is 118 cm³/mol. The van der Waals surface area contributed by atoms with E-state index in [1.54, 1.807) is 24.3 Å². The molecule has 0 radical (unpaired) electrons. The zero-order chi connectivity index (χ0) is 21.4. The summed E-state index contributed by atoms with van der Waals surface area (Å²) in [4.78, 5) is 42.4. The van der Waals surface area contributed by atoms with Crippen LogP contribution in [0.25, 0.3) is 11.3 Å². The lowest BCUT2D eigenvalue weighted by molar-refractivity contribution is -0.121. The van der Waals surface area contributed by atoms with Gasteiger partial charge in [-0.1, -0.05) is 12.1 Å². The first-order valence-corrected chi connectivity index (χ1v) is 10.5. The minimum absolute atomic E-state index is 0.203. The Kier molecular flexibility index (Phi) is 5.22. The first-order valence-electron chi connectivity index (χ1n) is 9.64. The van der Waals surface area contributed by atoms with Crippen LogP contribution < -0.4 is 10.2 Å². The number of anilines is 2. The Morgan fingerprint density at radius 2 is 1.70 bits per heavy atom. The molecule has 0 spiro atoms. The highest BCUT2D eigenvalue weighted by Gasteiger charge is 2.30. The van der Waals surface area contributed by atoms with Crippen LogP contribution in [0.5, 0.6) is 0 Å². The number of aromatic nitrogens is 1. The Labute approximate surface area is 178 Å². The number of carbonyl (C=O) groups is 3. The van der Waals surface area contributed by atoms with Gasteiger partial charge in [0.05, 0.1) is 11.4 Å². The van der Waals surface area contributed by atoms with Crippen LogP contribution in [-0.4, -0.2) is 22.7 Å². The zero-order valence-corrected chi connectivity index (χ0v) is 17.8. The van der Waals surface area contributed by atoms with E-state index in [2.05, 4.69) is 36.3 Å². The first-order chi connectivity index (χ1) is 14.3. The lowest BCUT2D eigenvalue weighted by Gasteiger charge is -2.14. The summed E-state index contributed by atoms with van der Waals surface area (Å²) in [5.41, 5.74) is 6.20. The van der Waals surface area contributed by atoms with E-state index in [-0.39, 0.29) is 30.6 Å². The molecule has 3 amide bonds. The molecule has 1 aliphatic heterocycles. The maximum atomic E-state index is 12.7. The minimum Gasteiger partial charge on any atom is -0.298 e. The third kappa shape index (κ3) is 3.76. The van der Waals surface area contributed by atoms with Crippen LogP contribution >= 0.6 is 11.3 Å². The number of carbonyl (C=O) groups excluding carboxylic acids is 3. The quantitative estimate of drug-likeness (QED) is 0.625. The molecule has 7 heteroatoms. The van der Waals surface area contributed by atoms with E-state index >= 15 is 0 Å². The van der Waals surface area contributed by atoms with Gasteiger partial charge in [0.1, 0.15) is 0 Å². The van der Waals surface area contributed by atoms with Crippen LogP contribution in [0.15, 0.2) is 41.8 Å². The van der Waals surface area contributed by atoms with Crippen molar-refractivity contribution < 1.29 is 14.4 Å². The molecule has 1 N–H and O–H groups in total. The molecule has 6 nitrogen and oxygen atoms in total. The maximum Gasteiger partial charge on any atom is 0.257 e. The summed E-state index contributed by atoms with van der Waals surface area (Å²) in [6, 6.07) is 10.8. The smallest absolute Gasteiger partial charge is 0.257 e. The van der Waals surface area contributed by atoms with Crippen molar-refractivity contribution in [2.24, 2.45) is 0 Å². The van der Waals surface area contributed by atoms with Gasteiger partial charge in [-0.25, -0.2) is 4.98 Å². The molecule has 1 aliphatic rings. The minimum atomic E-state index is -0.339. The topological polar surface area (TPSA) is 79.4 Å². The fourth-order valence-corrected chi connectivity index (χ4v) is 4.22. The Bertz CT molecular complexity index is 1170. The Balaban J connectivity index is 1.54. The van der Waals surface area contributed by atoms with Crippen molar-refractivity contribution in [2.45, 2.75) is 33.6 Å². The highest BCUT2D eigenvalue weighted by molar-refractivity contribution is 7.14. The van der Waals surface area contributed by atoms with Crippen LogP contribution in [0.4, 0.5) is 10.8 Å². The molecule has 3 aromatic rings. The predicted octanol–water partition coefficient (Wildman–Crippen LogP) is 4.64. The standard InChI is InChI=1S/C23H21N3O3S/c1-13-9-15(3)18(10-14(13)2)19-12-30-23(24-19)25-22(29)16-5-4-6-17(11-16)26-20(27)7-8-21(26)28/h4-6,9-12H,7-8H2,1-3H3,(H,24,25,29). The number of rotatable bonds is 4. The Morgan fingerprint density at radius 3 is 2.43 bits per heavy atom. The van der Waals surface area contributed by atoms with E-state index in [1.165, 1.54) is 22.5 Å². The van der Waals surface area contributed by atoms with Crippen molar-refractivity contribution in [1.29, 1.82) is 0 Å². The molecule has 152 valence electrons.